The van der Waals surface area contributed by atoms with E-state index in [1.165, 1.54) is 12.8 Å². The molecule has 1 unspecified atom stereocenters. The van der Waals surface area contributed by atoms with Crippen molar-refractivity contribution in [2.24, 2.45) is 0 Å². The van der Waals surface area contributed by atoms with Crippen molar-refractivity contribution in [2.75, 3.05) is 39.3 Å². The van der Waals surface area contributed by atoms with Gasteiger partial charge in [0.05, 0.1) is 6.61 Å². The van der Waals surface area contributed by atoms with Gasteiger partial charge in [0, 0.05) is 32.2 Å². The second-order valence-electron chi connectivity index (χ2n) is 5.29. The largest absolute Gasteiger partial charge is 0.395 e. The van der Waals surface area contributed by atoms with Crippen LogP contribution >= 0.6 is 0 Å². The second kappa shape index (κ2) is 6.95. The van der Waals surface area contributed by atoms with E-state index >= 15 is 0 Å². The van der Waals surface area contributed by atoms with E-state index in [9.17, 15) is 4.79 Å². The van der Waals surface area contributed by atoms with E-state index < -0.39 is 0 Å². The molecule has 2 aliphatic rings. The van der Waals surface area contributed by atoms with Crippen LogP contribution in [0.4, 0.5) is 4.79 Å². The molecule has 2 heterocycles. The Morgan fingerprint density at radius 2 is 2.06 bits per heavy atom. The summed E-state index contributed by atoms with van der Waals surface area (Å²) in [4.78, 5) is 16.1. The minimum absolute atomic E-state index is 0.0479. The highest BCUT2D eigenvalue weighted by Gasteiger charge is 2.25. The summed E-state index contributed by atoms with van der Waals surface area (Å²) in [6.07, 6.45) is 5.78. The zero-order valence-electron chi connectivity index (χ0n) is 11.1. The van der Waals surface area contributed by atoms with Crippen LogP contribution in [0.15, 0.2) is 0 Å². The first kappa shape index (κ1) is 13.6. The maximum Gasteiger partial charge on any atom is 0.320 e. The molecule has 2 amide bonds. The lowest BCUT2D eigenvalue weighted by molar-refractivity contribution is 0.128. The maximum absolute atomic E-state index is 12.4. The molecule has 2 saturated heterocycles. The number of carbonyl (C=O) groups is 1. The van der Waals surface area contributed by atoms with Crippen LogP contribution in [-0.2, 0) is 0 Å². The van der Waals surface area contributed by atoms with Crippen LogP contribution in [0, 0.1) is 0 Å². The molecule has 2 aliphatic heterocycles. The molecule has 18 heavy (non-hydrogen) atoms. The van der Waals surface area contributed by atoms with E-state index in [4.69, 9.17) is 5.11 Å². The summed E-state index contributed by atoms with van der Waals surface area (Å²) in [6, 6.07) is 0.516. The van der Waals surface area contributed by atoms with Gasteiger partial charge >= 0.3 is 6.03 Å². The van der Waals surface area contributed by atoms with Crippen molar-refractivity contribution >= 4 is 6.03 Å². The summed E-state index contributed by atoms with van der Waals surface area (Å²) >= 11 is 0. The Labute approximate surface area is 109 Å². The molecular formula is C13H25N3O2. The van der Waals surface area contributed by atoms with Crippen LogP contribution in [0.25, 0.3) is 0 Å². The summed E-state index contributed by atoms with van der Waals surface area (Å²) in [6.45, 7) is 4.03. The van der Waals surface area contributed by atoms with Gasteiger partial charge in [-0.25, -0.2) is 4.79 Å². The van der Waals surface area contributed by atoms with E-state index in [0.29, 0.717) is 12.6 Å². The second-order valence-corrected chi connectivity index (χ2v) is 5.29. The summed E-state index contributed by atoms with van der Waals surface area (Å²) in [5.74, 6) is 0. The van der Waals surface area contributed by atoms with Gasteiger partial charge < -0.3 is 20.2 Å². The third kappa shape index (κ3) is 3.59. The van der Waals surface area contributed by atoms with E-state index in [1.54, 1.807) is 0 Å². The third-order valence-corrected chi connectivity index (χ3v) is 3.87. The minimum Gasteiger partial charge on any atom is -0.395 e. The molecule has 104 valence electrons. The van der Waals surface area contributed by atoms with Gasteiger partial charge in [0.1, 0.15) is 0 Å². The molecule has 2 N–H and O–H groups in total. The molecule has 0 aliphatic carbocycles. The summed E-state index contributed by atoms with van der Waals surface area (Å²) in [5.41, 5.74) is 0. The van der Waals surface area contributed by atoms with Crippen molar-refractivity contribution in [3.05, 3.63) is 0 Å². The number of aliphatic hydroxyl groups excluding tert-OH is 1. The number of nitrogens with zero attached hydrogens (tertiary/aromatic N) is 2. The topological polar surface area (TPSA) is 55.8 Å². The van der Waals surface area contributed by atoms with Crippen LogP contribution in [0.5, 0.6) is 0 Å². The van der Waals surface area contributed by atoms with E-state index in [2.05, 4.69) is 5.32 Å². The van der Waals surface area contributed by atoms with Crippen LogP contribution in [0.1, 0.15) is 32.1 Å². The number of piperidine rings is 1. The Hall–Kier alpha value is -0.810. The summed E-state index contributed by atoms with van der Waals surface area (Å²) < 4.78 is 0. The fraction of sp³-hybridized carbons (Fsp3) is 0.923. The van der Waals surface area contributed by atoms with Gasteiger partial charge in [-0.3, -0.25) is 0 Å². The number of likely N-dealkylation sites (tertiary alicyclic amines) is 1. The smallest absolute Gasteiger partial charge is 0.320 e. The lowest BCUT2D eigenvalue weighted by atomic mass is 10.1. The summed E-state index contributed by atoms with van der Waals surface area (Å²) in [5, 5.41) is 12.5. The Balaban J connectivity index is 1.87. The SMILES string of the molecule is O=C(N1CCCCC1)N(CCO)CC1CCCN1. The molecule has 1 atom stereocenters. The van der Waals surface area contributed by atoms with Crippen molar-refractivity contribution in [3.8, 4) is 0 Å². The van der Waals surface area contributed by atoms with Crippen molar-refractivity contribution in [2.45, 2.75) is 38.1 Å². The Kier molecular flexibility index (Phi) is 5.26. The number of hydrogen-bond donors (Lipinski definition) is 2. The lowest BCUT2D eigenvalue weighted by Crippen LogP contribution is -2.50. The van der Waals surface area contributed by atoms with Gasteiger partial charge in [0.2, 0.25) is 0 Å². The molecule has 0 aromatic rings. The molecular weight excluding hydrogens is 230 g/mol. The molecule has 0 spiro atoms. The van der Waals surface area contributed by atoms with Crippen molar-refractivity contribution in [3.63, 3.8) is 0 Å². The number of amides is 2. The fourth-order valence-electron chi connectivity index (χ4n) is 2.85. The molecule has 2 fully saturated rings. The number of nitrogens with one attached hydrogen (secondary N) is 1. The van der Waals surface area contributed by atoms with Crippen LogP contribution < -0.4 is 5.32 Å². The number of aliphatic hydroxyl groups is 1. The highest BCUT2D eigenvalue weighted by atomic mass is 16.3. The third-order valence-electron chi connectivity index (χ3n) is 3.87. The van der Waals surface area contributed by atoms with Crippen molar-refractivity contribution in [1.29, 1.82) is 0 Å². The lowest BCUT2D eigenvalue weighted by Gasteiger charge is -2.34. The number of rotatable bonds is 4. The van der Waals surface area contributed by atoms with Crippen molar-refractivity contribution in [1.82, 2.24) is 15.1 Å². The predicted molar refractivity (Wildman–Crippen MR) is 70.5 cm³/mol. The van der Waals surface area contributed by atoms with Gasteiger partial charge in [0.15, 0.2) is 0 Å². The maximum atomic E-state index is 12.4. The Morgan fingerprint density at radius 1 is 1.28 bits per heavy atom. The quantitative estimate of drug-likeness (QED) is 0.775. The van der Waals surface area contributed by atoms with Gasteiger partial charge in [-0.2, -0.15) is 0 Å². The molecule has 0 aromatic carbocycles. The number of hydrogen-bond acceptors (Lipinski definition) is 3. The first-order valence-electron chi connectivity index (χ1n) is 7.19. The van der Waals surface area contributed by atoms with Gasteiger partial charge in [0.25, 0.3) is 0 Å². The Morgan fingerprint density at radius 3 is 2.67 bits per heavy atom. The molecule has 0 saturated carbocycles. The number of urea groups is 1. The molecule has 5 heteroatoms. The number of carbonyl (C=O) groups excluding carboxylic acids is 1. The average Bonchev–Trinajstić information content (AvgIpc) is 2.91. The van der Waals surface area contributed by atoms with E-state index in [0.717, 1.165) is 45.4 Å². The fourth-order valence-corrected chi connectivity index (χ4v) is 2.85. The highest BCUT2D eigenvalue weighted by Crippen LogP contribution is 2.13. The highest BCUT2D eigenvalue weighted by molar-refractivity contribution is 5.74. The molecule has 0 radical (unpaired) electrons. The normalized spacial score (nSPS) is 24.3. The zero-order chi connectivity index (χ0) is 12.8. The van der Waals surface area contributed by atoms with Crippen LogP contribution in [0.3, 0.4) is 0 Å². The molecule has 2 rings (SSSR count). The van der Waals surface area contributed by atoms with Crippen LogP contribution in [-0.4, -0.2) is 66.3 Å². The minimum atomic E-state index is 0.0479. The van der Waals surface area contributed by atoms with E-state index in [1.807, 2.05) is 9.80 Å². The predicted octanol–water partition coefficient (Wildman–Crippen LogP) is 0.639. The average molecular weight is 255 g/mol. The summed E-state index contributed by atoms with van der Waals surface area (Å²) in [7, 11) is 0. The zero-order valence-corrected chi connectivity index (χ0v) is 11.1. The monoisotopic (exact) mass is 255 g/mol. The van der Waals surface area contributed by atoms with Gasteiger partial charge in [-0.05, 0) is 38.6 Å². The first-order valence-corrected chi connectivity index (χ1v) is 7.19. The van der Waals surface area contributed by atoms with Gasteiger partial charge in [-0.15, -0.1) is 0 Å². The van der Waals surface area contributed by atoms with Crippen molar-refractivity contribution < 1.29 is 9.90 Å². The Bertz CT molecular complexity index is 261. The molecule has 0 bridgehead atoms. The standard InChI is InChI=1S/C13H25N3O2/c17-10-9-16(11-12-5-4-6-14-12)13(18)15-7-2-1-3-8-15/h12,14,17H,1-11H2. The first-order chi connectivity index (χ1) is 8.81. The molecule has 5 nitrogen and oxygen atoms in total. The van der Waals surface area contributed by atoms with Crippen LogP contribution in [0.2, 0.25) is 0 Å². The van der Waals surface area contributed by atoms with Gasteiger partial charge in [-0.1, -0.05) is 0 Å². The van der Waals surface area contributed by atoms with E-state index in [-0.39, 0.29) is 12.6 Å². The molecule has 0 aromatic heterocycles.